The Kier molecular flexibility index (Phi) is 11.7. The molecule has 3 aromatic rings. The van der Waals surface area contributed by atoms with Crippen LogP contribution < -0.4 is 14.4 Å². The van der Waals surface area contributed by atoms with Gasteiger partial charge in [0, 0.05) is 13.1 Å². The van der Waals surface area contributed by atoms with Gasteiger partial charge in [0.05, 0.1) is 28.3 Å². The number of hydrogen-bond acceptors (Lipinski definition) is 5. The van der Waals surface area contributed by atoms with Crippen LogP contribution in [0.3, 0.4) is 0 Å². The third kappa shape index (κ3) is 8.44. The van der Waals surface area contributed by atoms with Gasteiger partial charge in [0.2, 0.25) is 11.8 Å². The standard InChI is InChI=1S/C31H35ClF3N3O5S/c1-5-16-36-30(40)28(6-2)37(19-22-8-7-9-24(17-22)43-4)29(39)20-38(44(41,42)25-13-10-21(3)11-14-25)23-12-15-27(32)26(18-23)31(33,34)35/h7-15,17-18,28H,5-6,16,19-20H2,1-4H3,(H,36,40)/t28-/m0/s1. The maximum atomic E-state index is 14.1. The molecule has 0 bridgehead atoms. The number of halogens is 4. The lowest BCUT2D eigenvalue weighted by atomic mass is 10.1. The van der Waals surface area contributed by atoms with E-state index in [0.717, 1.165) is 17.7 Å². The number of ether oxygens (including phenoxy) is 1. The summed E-state index contributed by atoms with van der Waals surface area (Å²) in [6.45, 7) is 4.69. The molecule has 8 nitrogen and oxygen atoms in total. The van der Waals surface area contributed by atoms with E-state index in [9.17, 15) is 31.2 Å². The fourth-order valence-electron chi connectivity index (χ4n) is 4.50. The van der Waals surface area contributed by atoms with Crippen molar-refractivity contribution in [2.45, 2.75) is 57.3 Å². The highest BCUT2D eigenvalue weighted by molar-refractivity contribution is 7.92. The number of carbonyl (C=O) groups is 2. The van der Waals surface area contributed by atoms with Gasteiger partial charge in [-0.15, -0.1) is 0 Å². The van der Waals surface area contributed by atoms with E-state index in [1.54, 1.807) is 38.1 Å². The number of rotatable bonds is 13. The first-order valence-electron chi connectivity index (χ1n) is 13.9. The van der Waals surface area contributed by atoms with Gasteiger partial charge in [0.15, 0.2) is 0 Å². The van der Waals surface area contributed by atoms with Gasteiger partial charge in [0.1, 0.15) is 18.3 Å². The number of sulfonamides is 1. The molecule has 1 N–H and O–H groups in total. The van der Waals surface area contributed by atoms with Gasteiger partial charge in [-0.2, -0.15) is 13.2 Å². The van der Waals surface area contributed by atoms with Crippen LogP contribution in [-0.2, 0) is 32.3 Å². The molecule has 0 heterocycles. The van der Waals surface area contributed by atoms with E-state index in [4.69, 9.17) is 16.3 Å². The Morgan fingerprint density at radius 3 is 2.30 bits per heavy atom. The zero-order chi connectivity index (χ0) is 32.7. The van der Waals surface area contributed by atoms with Crippen molar-refractivity contribution in [1.82, 2.24) is 10.2 Å². The molecule has 238 valence electrons. The number of nitrogens with zero attached hydrogens (tertiary/aromatic N) is 2. The van der Waals surface area contributed by atoms with Gasteiger partial charge in [-0.25, -0.2) is 8.42 Å². The number of nitrogens with one attached hydrogen (secondary N) is 1. The van der Waals surface area contributed by atoms with Crippen molar-refractivity contribution >= 4 is 39.1 Å². The van der Waals surface area contributed by atoms with Gasteiger partial charge in [-0.05, 0) is 67.8 Å². The SMILES string of the molecule is CCCNC(=O)[C@H](CC)N(Cc1cccc(OC)c1)C(=O)CN(c1ccc(Cl)c(C(F)(F)F)c1)S(=O)(=O)c1ccc(C)cc1. The van der Waals surface area contributed by atoms with E-state index in [0.29, 0.717) is 34.7 Å². The topological polar surface area (TPSA) is 96.0 Å². The number of anilines is 1. The second-order valence-electron chi connectivity index (χ2n) is 10.1. The van der Waals surface area contributed by atoms with Gasteiger partial charge < -0.3 is 15.0 Å². The van der Waals surface area contributed by atoms with Gasteiger partial charge >= 0.3 is 6.18 Å². The molecule has 3 aromatic carbocycles. The van der Waals surface area contributed by atoms with Crippen LogP contribution in [0.15, 0.2) is 71.6 Å². The quantitative estimate of drug-likeness (QED) is 0.237. The molecule has 13 heteroatoms. The number of benzene rings is 3. The van der Waals surface area contributed by atoms with Crippen molar-refractivity contribution in [2.24, 2.45) is 0 Å². The minimum Gasteiger partial charge on any atom is -0.497 e. The average molecular weight is 654 g/mol. The van der Waals surface area contributed by atoms with Gasteiger partial charge in [-0.1, -0.05) is 55.3 Å². The molecule has 2 amide bonds. The highest BCUT2D eigenvalue weighted by Crippen LogP contribution is 2.38. The summed E-state index contributed by atoms with van der Waals surface area (Å²) in [6, 6.07) is 14.1. The summed E-state index contributed by atoms with van der Waals surface area (Å²) < 4.78 is 75.2. The second kappa shape index (κ2) is 14.8. The molecule has 0 aliphatic rings. The van der Waals surface area contributed by atoms with Crippen LogP contribution in [0.25, 0.3) is 0 Å². The van der Waals surface area contributed by atoms with E-state index >= 15 is 0 Å². The summed E-state index contributed by atoms with van der Waals surface area (Å²) in [5, 5.41) is 2.15. The summed E-state index contributed by atoms with van der Waals surface area (Å²) in [5.41, 5.74) is -0.323. The van der Waals surface area contributed by atoms with Crippen molar-refractivity contribution in [2.75, 3.05) is 24.5 Å². The number of alkyl halides is 3. The summed E-state index contributed by atoms with van der Waals surface area (Å²) >= 11 is 5.82. The lowest BCUT2D eigenvalue weighted by Crippen LogP contribution is -2.52. The van der Waals surface area contributed by atoms with E-state index in [-0.39, 0.29) is 17.9 Å². The summed E-state index contributed by atoms with van der Waals surface area (Å²) in [7, 11) is -3.09. The maximum absolute atomic E-state index is 14.1. The van der Waals surface area contributed by atoms with Crippen LogP contribution in [0.1, 0.15) is 43.4 Å². The van der Waals surface area contributed by atoms with Crippen molar-refractivity contribution < 1.29 is 35.9 Å². The largest absolute Gasteiger partial charge is 0.497 e. The average Bonchev–Trinajstić information content (AvgIpc) is 2.98. The molecule has 0 saturated carbocycles. The summed E-state index contributed by atoms with van der Waals surface area (Å²) in [5.74, 6) is -0.738. The highest BCUT2D eigenvalue weighted by Gasteiger charge is 2.37. The van der Waals surface area contributed by atoms with E-state index in [1.165, 1.54) is 36.3 Å². The zero-order valence-electron chi connectivity index (χ0n) is 24.8. The predicted octanol–water partition coefficient (Wildman–Crippen LogP) is 6.20. The molecule has 0 aliphatic heterocycles. The Balaban J connectivity index is 2.15. The third-order valence-electron chi connectivity index (χ3n) is 6.85. The van der Waals surface area contributed by atoms with Crippen molar-refractivity contribution in [3.05, 3.63) is 88.4 Å². The Hall–Kier alpha value is -3.77. The monoisotopic (exact) mass is 653 g/mol. The molecule has 0 saturated heterocycles. The molecular formula is C31H35ClF3N3O5S. The van der Waals surface area contributed by atoms with E-state index in [2.05, 4.69) is 5.32 Å². The maximum Gasteiger partial charge on any atom is 0.417 e. The molecule has 0 spiro atoms. The Labute approximate surface area is 260 Å². The molecule has 0 unspecified atom stereocenters. The lowest BCUT2D eigenvalue weighted by molar-refractivity contribution is -0.140. The minimum atomic E-state index is -4.89. The first-order valence-corrected chi connectivity index (χ1v) is 15.7. The molecular weight excluding hydrogens is 619 g/mol. The van der Waals surface area contributed by atoms with E-state index < -0.39 is 56.9 Å². The Bertz CT molecular complexity index is 1570. The fourth-order valence-corrected chi connectivity index (χ4v) is 6.14. The van der Waals surface area contributed by atoms with Crippen LogP contribution in [0.4, 0.5) is 18.9 Å². The minimum absolute atomic E-state index is 0.0963. The zero-order valence-corrected chi connectivity index (χ0v) is 26.4. The van der Waals surface area contributed by atoms with E-state index in [1.807, 2.05) is 6.92 Å². The number of aryl methyl sites for hydroxylation is 1. The molecule has 0 aromatic heterocycles. The van der Waals surface area contributed by atoms with Gasteiger partial charge in [-0.3, -0.25) is 13.9 Å². The first-order chi connectivity index (χ1) is 20.7. The molecule has 3 rings (SSSR count). The van der Waals surface area contributed by atoms with Crippen LogP contribution in [-0.4, -0.2) is 51.4 Å². The Morgan fingerprint density at radius 1 is 1.02 bits per heavy atom. The molecule has 44 heavy (non-hydrogen) atoms. The lowest BCUT2D eigenvalue weighted by Gasteiger charge is -2.33. The molecule has 0 fully saturated rings. The number of carbonyl (C=O) groups excluding carboxylic acids is 2. The van der Waals surface area contributed by atoms with Crippen LogP contribution in [0.2, 0.25) is 5.02 Å². The molecule has 1 atom stereocenters. The Morgan fingerprint density at radius 2 is 1.70 bits per heavy atom. The fraction of sp³-hybridized carbons (Fsp3) is 0.355. The number of hydrogen-bond donors (Lipinski definition) is 1. The van der Waals surface area contributed by atoms with Crippen molar-refractivity contribution in [3.8, 4) is 5.75 Å². The summed E-state index contributed by atoms with van der Waals surface area (Å²) in [6.07, 6.45) is -4.05. The van der Waals surface area contributed by atoms with Crippen LogP contribution in [0, 0.1) is 6.92 Å². The molecule has 0 aliphatic carbocycles. The van der Waals surface area contributed by atoms with Crippen LogP contribution >= 0.6 is 11.6 Å². The second-order valence-corrected chi connectivity index (χ2v) is 12.3. The number of methoxy groups -OCH3 is 1. The summed E-state index contributed by atoms with van der Waals surface area (Å²) in [4.78, 5) is 28.3. The number of amides is 2. The van der Waals surface area contributed by atoms with Crippen molar-refractivity contribution in [3.63, 3.8) is 0 Å². The normalized spacial score (nSPS) is 12.4. The van der Waals surface area contributed by atoms with Crippen molar-refractivity contribution in [1.29, 1.82) is 0 Å². The first kappa shape index (κ1) is 34.7. The smallest absolute Gasteiger partial charge is 0.417 e. The highest BCUT2D eigenvalue weighted by atomic mass is 35.5. The molecule has 0 radical (unpaired) electrons. The van der Waals surface area contributed by atoms with Gasteiger partial charge in [0.25, 0.3) is 10.0 Å². The predicted molar refractivity (Wildman–Crippen MR) is 163 cm³/mol. The third-order valence-corrected chi connectivity index (χ3v) is 8.97. The van der Waals surface area contributed by atoms with Crippen LogP contribution in [0.5, 0.6) is 5.75 Å².